The lowest BCUT2D eigenvalue weighted by molar-refractivity contribution is 0.177. The molecule has 2 aliphatic heterocycles. The number of methoxy groups -OCH3 is 2. The molecule has 0 aromatic heterocycles. The fourth-order valence-corrected chi connectivity index (χ4v) is 6.75. The van der Waals surface area contributed by atoms with E-state index in [9.17, 15) is 0 Å². The third kappa shape index (κ3) is 4.13. The van der Waals surface area contributed by atoms with Crippen LogP contribution in [0.15, 0.2) is 22.1 Å². The number of hydrogen-bond acceptors (Lipinski definition) is 2. The van der Waals surface area contributed by atoms with Crippen LogP contribution in [0.1, 0.15) is 68.2 Å². The van der Waals surface area contributed by atoms with E-state index < -0.39 is 0 Å². The van der Waals surface area contributed by atoms with Crippen LogP contribution >= 0.6 is 0 Å². The van der Waals surface area contributed by atoms with E-state index in [-0.39, 0.29) is 0 Å². The summed E-state index contributed by atoms with van der Waals surface area (Å²) in [5, 5.41) is 0. The fourth-order valence-electron chi connectivity index (χ4n) is 6.75. The van der Waals surface area contributed by atoms with E-state index in [0.29, 0.717) is 35.1 Å². The molecule has 1 aliphatic carbocycles. The van der Waals surface area contributed by atoms with Crippen LogP contribution in [0.25, 0.3) is 0 Å². The molecule has 2 fully saturated rings. The van der Waals surface area contributed by atoms with Gasteiger partial charge in [-0.1, -0.05) is 91.6 Å². The van der Waals surface area contributed by atoms with Gasteiger partial charge < -0.3 is 9.47 Å². The van der Waals surface area contributed by atoms with Crippen LogP contribution in [0, 0.1) is 21.7 Å². The van der Waals surface area contributed by atoms with Crippen LogP contribution in [0.5, 0.6) is 0 Å². The molecule has 2 saturated heterocycles. The molecule has 3 aliphatic rings. The molecule has 0 radical (unpaired) electrons. The van der Waals surface area contributed by atoms with Gasteiger partial charge in [-0.2, -0.15) is 0 Å². The van der Waals surface area contributed by atoms with Crippen LogP contribution in [-0.4, -0.2) is 40.9 Å². The largest absolute Gasteiger partial charge is 0.380 e. The van der Waals surface area contributed by atoms with Gasteiger partial charge in [0, 0.05) is 14.2 Å². The van der Waals surface area contributed by atoms with Gasteiger partial charge in [-0.3, -0.25) is 0 Å². The van der Waals surface area contributed by atoms with Crippen molar-refractivity contribution in [3.63, 3.8) is 0 Å². The number of allylic oxidation sites excluding steroid dienone is 1. The van der Waals surface area contributed by atoms with Crippen LogP contribution in [0.2, 0.25) is 25.3 Å². The van der Waals surface area contributed by atoms with E-state index in [1.807, 2.05) is 14.2 Å². The average Bonchev–Trinajstić information content (AvgIpc) is 2.95. The smallest absolute Gasteiger partial charge is 0.177 e. The number of ether oxygens (including phenoxy) is 2. The molecule has 2 nitrogen and oxygen atoms in total. The third-order valence-corrected chi connectivity index (χ3v) is 9.99. The molecule has 0 unspecified atom stereocenters. The zero-order valence-electron chi connectivity index (χ0n) is 21.6. The maximum absolute atomic E-state index is 5.86. The van der Waals surface area contributed by atoms with E-state index >= 15 is 0 Å². The van der Waals surface area contributed by atoms with Gasteiger partial charge in [-0.25, -0.2) is 0 Å². The van der Waals surface area contributed by atoms with Crippen molar-refractivity contribution < 1.29 is 9.47 Å². The van der Waals surface area contributed by atoms with Crippen LogP contribution in [-0.2, 0) is 9.47 Å². The summed E-state index contributed by atoms with van der Waals surface area (Å²) < 4.78 is 11.6. The molecular formula is C26H46B2O2. The Bertz CT molecular complexity index is 695. The molecule has 0 bridgehead atoms. The van der Waals surface area contributed by atoms with Crippen LogP contribution < -0.4 is 0 Å². The van der Waals surface area contributed by atoms with E-state index in [4.69, 9.17) is 9.47 Å². The molecule has 0 spiro atoms. The predicted octanol–water partition coefficient (Wildman–Crippen LogP) is 6.87. The second kappa shape index (κ2) is 8.14. The zero-order chi connectivity index (χ0) is 22.5. The van der Waals surface area contributed by atoms with Crippen molar-refractivity contribution >= 4 is 13.4 Å². The number of hydrogen-bond donors (Lipinski definition) is 0. The summed E-state index contributed by atoms with van der Waals surface area (Å²) in [6, 6.07) is 0. The first-order valence-corrected chi connectivity index (χ1v) is 12.2. The Balaban J connectivity index is 2.07. The minimum atomic E-state index is 0.357. The summed E-state index contributed by atoms with van der Waals surface area (Å²) in [5.74, 6) is 0. The average molecular weight is 412 g/mol. The van der Waals surface area contributed by atoms with Gasteiger partial charge in [0.1, 0.15) is 0 Å². The van der Waals surface area contributed by atoms with Gasteiger partial charge in [0.15, 0.2) is 13.4 Å². The van der Waals surface area contributed by atoms with E-state index in [1.165, 1.54) is 38.1 Å². The van der Waals surface area contributed by atoms with Crippen molar-refractivity contribution in [3.05, 3.63) is 22.1 Å². The third-order valence-electron chi connectivity index (χ3n) is 9.99. The van der Waals surface area contributed by atoms with Crippen LogP contribution in [0.4, 0.5) is 0 Å². The normalized spacial score (nSPS) is 27.4. The molecule has 30 heavy (non-hydrogen) atoms. The zero-order valence-corrected chi connectivity index (χ0v) is 21.6. The first-order valence-electron chi connectivity index (χ1n) is 12.2. The Morgan fingerprint density at radius 1 is 0.633 bits per heavy atom. The van der Waals surface area contributed by atoms with Gasteiger partial charge >= 0.3 is 0 Å². The monoisotopic (exact) mass is 412 g/mol. The highest BCUT2D eigenvalue weighted by molar-refractivity contribution is 6.71. The molecule has 0 amide bonds. The maximum Gasteiger partial charge on any atom is 0.177 e. The van der Waals surface area contributed by atoms with Crippen LogP contribution in [0.3, 0.4) is 0 Å². The van der Waals surface area contributed by atoms with Crippen molar-refractivity contribution in [1.82, 2.24) is 0 Å². The van der Waals surface area contributed by atoms with Gasteiger partial charge in [-0.15, -0.1) is 0 Å². The molecule has 3 rings (SSSR count). The lowest BCUT2D eigenvalue weighted by Crippen LogP contribution is -2.29. The quantitative estimate of drug-likeness (QED) is 0.444. The van der Waals surface area contributed by atoms with Gasteiger partial charge in [0.05, 0.1) is 13.2 Å². The number of rotatable bonds is 6. The topological polar surface area (TPSA) is 18.5 Å². The second-order valence-corrected chi connectivity index (χ2v) is 13.1. The molecule has 0 atom stereocenters. The van der Waals surface area contributed by atoms with Gasteiger partial charge in [-0.05, 0) is 45.6 Å². The predicted molar refractivity (Wildman–Crippen MR) is 133 cm³/mol. The highest BCUT2D eigenvalue weighted by Crippen LogP contribution is 2.58. The van der Waals surface area contributed by atoms with Crippen molar-refractivity contribution in [2.24, 2.45) is 21.7 Å². The molecule has 2 heterocycles. The summed E-state index contributed by atoms with van der Waals surface area (Å²) in [5.41, 5.74) is 7.92. The Morgan fingerprint density at radius 2 is 1.07 bits per heavy atom. The fraction of sp³-hybridized carbons (Fsp3) is 0.846. The molecule has 168 valence electrons. The first-order chi connectivity index (χ1) is 13.8. The highest BCUT2D eigenvalue weighted by atomic mass is 16.5. The molecule has 0 saturated carbocycles. The minimum absolute atomic E-state index is 0.357. The summed E-state index contributed by atoms with van der Waals surface area (Å²) >= 11 is 0. The Morgan fingerprint density at radius 3 is 1.50 bits per heavy atom. The molecular weight excluding hydrogens is 366 g/mol. The summed E-state index contributed by atoms with van der Waals surface area (Å²) in [6.07, 6.45) is 7.50. The summed E-state index contributed by atoms with van der Waals surface area (Å²) in [7, 11) is 3.72. The summed E-state index contributed by atoms with van der Waals surface area (Å²) in [6.45, 7) is 22.6. The summed E-state index contributed by atoms with van der Waals surface area (Å²) in [4.78, 5) is 0. The van der Waals surface area contributed by atoms with Crippen molar-refractivity contribution in [2.45, 2.75) is 93.5 Å². The maximum atomic E-state index is 5.86. The SMILES string of the molecule is COCC1=C(B2CC(C)(C)C(C)(C)C2)C(COC)=C(B2CC(C)(C)C(C)(C)C2)CC1. The molecule has 0 aromatic carbocycles. The Labute approximate surface area is 187 Å². The minimum Gasteiger partial charge on any atom is -0.380 e. The lowest BCUT2D eigenvalue weighted by Gasteiger charge is -2.35. The van der Waals surface area contributed by atoms with E-state index in [0.717, 1.165) is 13.2 Å². The second-order valence-electron chi connectivity index (χ2n) is 13.1. The van der Waals surface area contributed by atoms with Crippen molar-refractivity contribution in [3.8, 4) is 0 Å². The van der Waals surface area contributed by atoms with E-state index in [1.54, 1.807) is 22.1 Å². The Kier molecular flexibility index (Phi) is 6.56. The standard InChI is InChI=1S/C26H46B2O2/c1-23(2)15-27(16-24(23,3)4)21-12-11-19(13-29-9)22(20(21)14-30-10)28-17-25(5,6)26(7,8)18-28/h11-18H2,1-10H3. The Hall–Kier alpha value is -0.470. The molecule has 0 N–H and O–H groups in total. The van der Waals surface area contributed by atoms with Gasteiger partial charge in [0.2, 0.25) is 0 Å². The van der Waals surface area contributed by atoms with Crippen molar-refractivity contribution in [2.75, 3.05) is 27.4 Å². The highest BCUT2D eigenvalue weighted by Gasteiger charge is 2.52. The molecule has 0 aromatic rings. The molecule has 4 heteroatoms. The van der Waals surface area contributed by atoms with Crippen molar-refractivity contribution in [1.29, 1.82) is 0 Å². The lowest BCUT2D eigenvalue weighted by atomic mass is 9.34. The van der Waals surface area contributed by atoms with Gasteiger partial charge in [0.25, 0.3) is 0 Å². The van der Waals surface area contributed by atoms with E-state index in [2.05, 4.69) is 55.4 Å². The first kappa shape index (κ1) is 24.2.